The van der Waals surface area contributed by atoms with Gasteiger partial charge in [0.1, 0.15) is 0 Å². The van der Waals surface area contributed by atoms with E-state index in [-0.39, 0.29) is 4.90 Å². The van der Waals surface area contributed by atoms with E-state index in [1.165, 1.54) is 0 Å². The third kappa shape index (κ3) is 4.66. The van der Waals surface area contributed by atoms with Gasteiger partial charge in [0.2, 0.25) is 10.0 Å². The van der Waals surface area contributed by atoms with Crippen molar-refractivity contribution < 1.29 is 17.9 Å². The summed E-state index contributed by atoms with van der Waals surface area (Å²) in [4.78, 5) is 0.289. The van der Waals surface area contributed by atoms with E-state index in [9.17, 15) is 8.42 Å². The van der Waals surface area contributed by atoms with Gasteiger partial charge in [0, 0.05) is 6.42 Å². The summed E-state index contributed by atoms with van der Waals surface area (Å²) in [7, 11) is -3.71. The van der Waals surface area contributed by atoms with Gasteiger partial charge in [-0.15, -0.1) is 0 Å². The van der Waals surface area contributed by atoms with Gasteiger partial charge in [0.25, 0.3) is 0 Å². The van der Waals surface area contributed by atoms with Gasteiger partial charge in [-0.05, 0) is 48.2 Å². The highest BCUT2D eigenvalue weighted by Crippen LogP contribution is 2.34. The lowest BCUT2D eigenvalue weighted by Crippen LogP contribution is -2.30. The predicted molar refractivity (Wildman–Crippen MR) is 116 cm³/mol. The lowest BCUT2D eigenvalue weighted by Gasteiger charge is -2.21. The summed E-state index contributed by atoms with van der Waals surface area (Å²) in [5.74, 6) is 1.34. The molecule has 30 heavy (non-hydrogen) atoms. The molecule has 1 heterocycles. The Labute approximate surface area is 177 Å². The van der Waals surface area contributed by atoms with Crippen LogP contribution in [0.25, 0.3) is 0 Å². The number of aryl methyl sites for hydroxylation is 1. The number of fused-ring (bicyclic) bond motifs is 1. The van der Waals surface area contributed by atoms with Crippen LogP contribution in [0, 0.1) is 6.92 Å². The monoisotopic (exact) mass is 423 g/mol. The maximum atomic E-state index is 13.2. The Bertz CT molecular complexity index is 1110. The van der Waals surface area contributed by atoms with Crippen molar-refractivity contribution in [3.63, 3.8) is 0 Å². The molecule has 0 aromatic heterocycles. The second-order valence-electron chi connectivity index (χ2n) is 7.39. The van der Waals surface area contributed by atoms with Gasteiger partial charge in [-0.1, -0.05) is 54.6 Å². The summed E-state index contributed by atoms with van der Waals surface area (Å²) >= 11 is 0. The number of hydrogen-bond donors (Lipinski definition) is 1. The standard InChI is InChI=1S/C24H25NO4S/c1-18-8-5-6-11-24(18)30(26,27)25-21(16-19-9-3-2-4-10-19)20-12-13-22-23(17-20)29-15-7-14-28-22/h2-6,8-13,17,21,25H,7,14-16H2,1H3. The summed E-state index contributed by atoms with van der Waals surface area (Å²) < 4.78 is 40.9. The molecule has 0 amide bonds. The van der Waals surface area contributed by atoms with E-state index < -0.39 is 16.1 Å². The second-order valence-corrected chi connectivity index (χ2v) is 9.07. The molecule has 1 N–H and O–H groups in total. The molecule has 0 radical (unpaired) electrons. The first-order valence-electron chi connectivity index (χ1n) is 10.0. The number of ether oxygens (including phenoxy) is 2. The fourth-order valence-electron chi connectivity index (χ4n) is 3.58. The van der Waals surface area contributed by atoms with Crippen LogP contribution in [0.3, 0.4) is 0 Å². The Morgan fingerprint density at radius 2 is 1.60 bits per heavy atom. The molecular weight excluding hydrogens is 398 g/mol. The zero-order chi connectivity index (χ0) is 21.0. The smallest absolute Gasteiger partial charge is 0.241 e. The molecule has 1 unspecified atom stereocenters. The first-order valence-corrected chi connectivity index (χ1v) is 11.5. The molecule has 5 nitrogen and oxygen atoms in total. The fraction of sp³-hybridized carbons (Fsp3) is 0.250. The van der Waals surface area contributed by atoms with Crippen LogP contribution >= 0.6 is 0 Å². The van der Waals surface area contributed by atoms with E-state index in [0.717, 1.165) is 17.5 Å². The van der Waals surface area contributed by atoms with Gasteiger partial charge in [-0.25, -0.2) is 13.1 Å². The quantitative estimate of drug-likeness (QED) is 0.638. The van der Waals surface area contributed by atoms with E-state index in [0.29, 0.717) is 36.7 Å². The Morgan fingerprint density at radius 3 is 2.37 bits per heavy atom. The molecule has 0 spiro atoms. The highest BCUT2D eigenvalue weighted by molar-refractivity contribution is 7.89. The molecule has 0 aliphatic carbocycles. The number of nitrogens with one attached hydrogen (secondary N) is 1. The van der Waals surface area contributed by atoms with E-state index in [2.05, 4.69) is 4.72 Å². The lowest BCUT2D eigenvalue weighted by atomic mass is 9.99. The Kier molecular flexibility index (Phi) is 6.06. The van der Waals surface area contributed by atoms with Crippen molar-refractivity contribution in [1.82, 2.24) is 4.72 Å². The van der Waals surface area contributed by atoms with Crippen LogP contribution in [0.4, 0.5) is 0 Å². The lowest BCUT2D eigenvalue weighted by molar-refractivity contribution is 0.297. The van der Waals surface area contributed by atoms with Gasteiger partial charge < -0.3 is 9.47 Å². The number of benzene rings is 3. The van der Waals surface area contributed by atoms with Crippen LogP contribution in [0.1, 0.15) is 29.2 Å². The van der Waals surface area contributed by atoms with E-state index in [1.807, 2.05) is 54.6 Å². The zero-order valence-corrected chi connectivity index (χ0v) is 17.7. The van der Waals surface area contributed by atoms with Crippen LogP contribution in [0.15, 0.2) is 77.7 Å². The van der Waals surface area contributed by atoms with Crippen molar-refractivity contribution >= 4 is 10.0 Å². The fourth-order valence-corrected chi connectivity index (χ4v) is 5.05. The molecule has 1 atom stereocenters. The third-order valence-electron chi connectivity index (χ3n) is 5.14. The average Bonchev–Trinajstić information content (AvgIpc) is 2.99. The highest BCUT2D eigenvalue weighted by atomic mass is 32.2. The van der Waals surface area contributed by atoms with Gasteiger partial charge in [-0.3, -0.25) is 0 Å². The third-order valence-corrected chi connectivity index (χ3v) is 6.77. The van der Waals surface area contributed by atoms with Crippen LogP contribution in [-0.2, 0) is 16.4 Å². The summed E-state index contributed by atoms with van der Waals surface area (Å²) in [5.41, 5.74) is 2.59. The average molecular weight is 424 g/mol. The van der Waals surface area contributed by atoms with Gasteiger partial charge in [0.15, 0.2) is 11.5 Å². The van der Waals surface area contributed by atoms with Crippen molar-refractivity contribution in [3.8, 4) is 11.5 Å². The van der Waals surface area contributed by atoms with E-state index in [1.54, 1.807) is 25.1 Å². The minimum atomic E-state index is -3.71. The topological polar surface area (TPSA) is 64.6 Å². The summed E-state index contributed by atoms with van der Waals surface area (Å²) in [6, 6.07) is 22.0. The Hall–Kier alpha value is -2.83. The molecule has 156 valence electrons. The Balaban J connectivity index is 1.70. The normalized spacial score (nSPS) is 14.7. The first-order chi connectivity index (χ1) is 14.5. The molecule has 0 bridgehead atoms. The molecule has 0 fully saturated rings. The van der Waals surface area contributed by atoms with E-state index in [4.69, 9.17) is 9.47 Å². The Morgan fingerprint density at radius 1 is 0.900 bits per heavy atom. The van der Waals surface area contributed by atoms with Gasteiger partial charge in [0.05, 0.1) is 24.2 Å². The van der Waals surface area contributed by atoms with Crippen LogP contribution in [-0.4, -0.2) is 21.6 Å². The molecule has 1 aliphatic heterocycles. The number of rotatable bonds is 6. The van der Waals surface area contributed by atoms with Crippen molar-refractivity contribution in [3.05, 3.63) is 89.5 Å². The van der Waals surface area contributed by atoms with Crippen molar-refractivity contribution in [2.24, 2.45) is 0 Å². The molecule has 6 heteroatoms. The minimum absolute atomic E-state index is 0.289. The molecular formula is C24H25NO4S. The van der Waals surface area contributed by atoms with Gasteiger partial charge >= 0.3 is 0 Å². The summed E-state index contributed by atoms with van der Waals surface area (Å²) in [5, 5.41) is 0. The van der Waals surface area contributed by atoms with Crippen LogP contribution in [0.5, 0.6) is 11.5 Å². The molecule has 1 aliphatic rings. The predicted octanol–water partition coefficient (Wildman–Crippen LogP) is 4.42. The minimum Gasteiger partial charge on any atom is -0.490 e. The highest BCUT2D eigenvalue weighted by Gasteiger charge is 2.24. The first kappa shape index (κ1) is 20.4. The van der Waals surface area contributed by atoms with Gasteiger partial charge in [-0.2, -0.15) is 0 Å². The maximum absolute atomic E-state index is 13.2. The van der Waals surface area contributed by atoms with Crippen LogP contribution < -0.4 is 14.2 Å². The number of sulfonamides is 1. The van der Waals surface area contributed by atoms with Crippen molar-refractivity contribution in [2.75, 3.05) is 13.2 Å². The second kappa shape index (κ2) is 8.90. The molecule has 3 aromatic rings. The van der Waals surface area contributed by atoms with Crippen LogP contribution in [0.2, 0.25) is 0 Å². The molecule has 0 saturated carbocycles. The molecule has 0 saturated heterocycles. The summed E-state index contributed by atoms with van der Waals surface area (Å²) in [6.45, 7) is 2.99. The maximum Gasteiger partial charge on any atom is 0.241 e. The molecule has 3 aromatic carbocycles. The molecule has 4 rings (SSSR count). The summed E-state index contributed by atoms with van der Waals surface area (Å²) in [6.07, 6.45) is 1.34. The SMILES string of the molecule is Cc1ccccc1S(=O)(=O)NC(Cc1ccccc1)c1ccc2c(c1)OCCCO2. The van der Waals surface area contributed by atoms with Crippen molar-refractivity contribution in [2.45, 2.75) is 30.7 Å². The van der Waals surface area contributed by atoms with Crippen molar-refractivity contribution in [1.29, 1.82) is 0 Å². The number of hydrogen-bond acceptors (Lipinski definition) is 4. The zero-order valence-electron chi connectivity index (χ0n) is 16.9. The largest absolute Gasteiger partial charge is 0.490 e. The van der Waals surface area contributed by atoms with E-state index >= 15 is 0 Å².